The van der Waals surface area contributed by atoms with Crippen molar-refractivity contribution in [3.63, 3.8) is 0 Å². The minimum absolute atomic E-state index is 0.386. The molecule has 1 aromatic carbocycles. The molecule has 1 aliphatic rings. The van der Waals surface area contributed by atoms with E-state index in [1.807, 2.05) is 7.05 Å². The Morgan fingerprint density at radius 2 is 1.65 bits per heavy atom. The van der Waals surface area contributed by atoms with Crippen LogP contribution in [0.1, 0.15) is 27.7 Å². The monoisotopic (exact) mass is 354 g/mol. The minimum Gasteiger partial charge on any atom is -0.366 e. The summed E-state index contributed by atoms with van der Waals surface area (Å²) in [4.78, 5) is 0. The Morgan fingerprint density at radius 3 is 2.09 bits per heavy atom. The third-order valence-corrected chi connectivity index (χ3v) is 6.40. The first-order chi connectivity index (χ1) is 11.0. The van der Waals surface area contributed by atoms with Gasteiger partial charge in [0, 0.05) is 25.7 Å². The number of nitrogens with one attached hydrogen (secondary N) is 2. The van der Waals surface area contributed by atoms with Gasteiger partial charge >= 0.3 is 0 Å². The lowest BCUT2D eigenvalue weighted by molar-refractivity contribution is 0.351. The van der Waals surface area contributed by atoms with E-state index in [1.165, 1.54) is 11.4 Å². The molecule has 0 radical (unpaired) electrons. The Labute approximate surface area is 146 Å². The highest BCUT2D eigenvalue weighted by atomic mass is 32.1. The van der Waals surface area contributed by atoms with Gasteiger partial charge in [-0.15, -0.1) is 0 Å². The predicted octanol–water partition coefficient (Wildman–Crippen LogP) is 3.47. The van der Waals surface area contributed by atoms with Crippen molar-refractivity contribution in [1.82, 2.24) is 10.6 Å². The van der Waals surface area contributed by atoms with Crippen LogP contribution in [0.15, 0.2) is 24.3 Å². The van der Waals surface area contributed by atoms with Crippen LogP contribution < -0.4 is 20.0 Å². The van der Waals surface area contributed by atoms with Crippen molar-refractivity contribution in [2.75, 3.05) is 29.5 Å². The Morgan fingerprint density at radius 1 is 1.13 bits per heavy atom. The number of hydrogen-bond donors (Lipinski definition) is 2. The lowest BCUT2D eigenvalue weighted by Gasteiger charge is -2.35. The zero-order chi connectivity index (χ0) is 17.0. The summed E-state index contributed by atoms with van der Waals surface area (Å²) in [5.41, 5.74) is 2.53. The molecule has 5 nitrogen and oxygen atoms in total. The fourth-order valence-electron chi connectivity index (χ4n) is 2.60. The Kier molecular flexibility index (Phi) is 6.45. The van der Waals surface area contributed by atoms with Crippen LogP contribution >= 0.6 is 20.7 Å². The third kappa shape index (κ3) is 4.06. The normalized spacial score (nSPS) is 14.6. The molecule has 0 atom stereocenters. The first-order valence-electron chi connectivity index (χ1n) is 8.03. The van der Waals surface area contributed by atoms with Gasteiger partial charge in [0.05, 0.1) is 18.0 Å². The van der Waals surface area contributed by atoms with Gasteiger partial charge in [-0.2, -0.15) is 0 Å². The molecule has 128 valence electrons. The number of benzene rings is 1. The Bertz CT molecular complexity index is 506. The lowest BCUT2D eigenvalue weighted by atomic mass is 10.2. The van der Waals surface area contributed by atoms with Crippen LogP contribution in [0, 0.1) is 0 Å². The molecule has 0 fully saturated rings. The maximum atomic E-state index is 6.29. The van der Waals surface area contributed by atoms with Crippen molar-refractivity contribution in [1.29, 1.82) is 0 Å². The second-order valence-corrected chi connectivity index (χ2v) is 7.99. The van der Waals surface area contributed by atoms with Gasteiger partial charge in [0.25, 0.3) is 0 Å². The van der Waals surface area contributed by atoms with Gasteiger partial charge in [0.2, 0.25) is 8.45 Å². The van der Waals surface area contributed by atoms with E-state index in [1.54, 1.807) is 0 Å². The number of thiocarbonyl (C=S) groups is 1. The molecular formula is C16H27N4OPS. The minimum atomic E-state index is -0.850. The summed E-state index contributed by atoms with van der Waals surface area (Å²) in [6.45, 7) is 10.2. The van der Waals surface area contributed by atoms with E-state index >= 15 is 0 Å². The second kappa shape index (κ2) is 8.13. The molecule has 2 rings (SSSR count). The van der Waals surface area contributed by atoms with Crippen molar-refractivity contribution >= 4 is 37.2 Å². The van der Waals surface area contributed by atoms with Crippen LogP contribution in [-0.4, -0.2) is 37.4 Å². The number of fused-ring (bicyclic) bond motifs is 1. The van der Waals surface area contributed by atoms with Crippen molar-refractivity contribution in [3.8, 4) is 0 Å². The van der Waals surface area contributed by atoms with Crippen molar-refractivity contribution in [2.24, 2.45) is 0 Å². The fourth-order valence-corrected chi connectivity index (χ4v) is 4.91. The lowest BCUT2D eigenvalue weighted by Crippen LogP contribution is -2.36. The number of nitrogens with zero attached hydrogens (tertiary/aromatic N) is 2. The number of anilines is 2. The van der Waals surface area contributed by atoms with Crippen molar-refractivity contribution in [2.45, 2.75) is 39.8 Å². The molecule has 0 aromatic heterocycles. The summed E-state index contributed by atoms with van der Waals surface area (Å²) >= 11 is 5.10. The summed E-state index contributed by atoms with van der Waals surface area (Å²) in [6, 6.07) is 9.33. The van der Waals surface area contributed by atoms with Gasteiger partial charge < -0.3 is 24.5 Å². The summed E-state index contributed by atoms with van der Waals surface area (Å²) in [7, 11) is 0.964. The molecule has 1 aliphatic heterocycles. The molecule has 2 N–H and O–H groups in total. The molecule has 0 amide bonds. The van der Waals surface area contributed by atoms with Crippen LogP contribution in [0.4, 0.5) is 11.4 Å². The molecule has 23 heavy (non-hydrogen) atoms. The highest BCUT2D eigenvalue weighted by Gasteiger charge is 2.40. The van der Waals surface area contributed by atoms with Gasteiger partial charge in [-0.05, 0) is 52.0 Å². The van der Waals surface area contributed by atoms with Crippen LogP contribution in [0.2, 0.25) is 0 Å². The van der Waals surface area contributed by atoms with Crippen LogP contribution in [-0.2, 0) is 4.52 Å². The fraction of sp³-hybridized carbons (Fsp3) is 0.562. The molecule has 0 saturated carbocycles. The highest BCUT2D eigenvalue weighted by molar-refractivity contribution is 7.80. The van der Waals surface area contributed by atoms with Crippen molar-refractivity contribution in [3.05, 3.63) is 24.3 Å². The average molecular weight is 354 g/mol. The van der Waals surface area contributed by atoms with Crippen LogP contribution in [0.3, 0.4) is 0 Å². The molecule has 1 aromatic rings. The van der Waals surface area contributed by atoms with E-state index in [2.05, 4.69) is 71.9 Å². The zero-order valence-electron chi connectivity index (χ0n) is 14.5. The first-order valence-corrected chi connectivity index (χ1v) is 9.60. The molecule has 0 aliphatic carbocycles. The summed E-state index contributed by atoms with van der Waals surface area (Å²) < 4.78 is 11.1. The number of hydrogen-bond acceptors (Lipinski definition) is 4. The van der Waals surface area contributed by atoms with E-state index in [0.717, 1.165) is 0 Å². The van der Waals surface area contributed by atoms with Gasteiger partial charge in [0.15, 0.2) is 5.11 Å². The van der Waals surface area contributed by atoms with Crippen LogP contribution in [0.5, 0.6) is 0 Å². The summed E-state index contributed by atoms with van der Waals surface area (Å²) in [5.74, 6) is 0. The topological polar surface area (TPSA) is 39.8 Å². The van der Waals surface area contributed by atoms with E-state index < -0.39 is 8.45 Å². The zero-order valence-corrected chi connectivity index (χ0v) is 16.2. The van der Waals surface area contributed by atoms with E-state index in [0.29, 0.717) is 30.3 Å². The molecule has 0 bridgehead atoms. The molecule has 1 heterocycles. The maximum absolute atomic E-state index is 6.29. The predicted molar refractivity (Wildman–Crippen MR) is 104 cm³/mol. The van der Waals surface area contributed by atoms with E-state index in [-0.39, 0.29) is 0 Å². The van der Waals surface area contributed by atoms with E-state index in [9.17, 15) is 0 Å². The summed E-state index contributed by atoms with van der Waals surface area (Å²) in [6.07, 6.45) is 0. The highest BCUT2D eigenvalue weighted by Crippen LogP contribution is 2.61. The van der Waals surface area contributed by atoms with Gasteiger partial charge in [-0.1, -0.05) is 12.1 Å². The largest absolute Gasteiger partial charge is 0.366 e. The molecule has 0 unspecified atom stereocenters. The molecule has 0 saturated heterocycles. The van der Waals surface area contributed by atoms with Crippen molar-refractivity contribution < 1.29 is 4.52 Å². The Hall–Kier alpha value is -1.10. The quantitative estimate of drug-likeness (QED) is 0.463. The number of rotatable bonds is 6. The maximum Gasteiger partial charge on any atom is 0.249 e. The van der Waals surface area contributed by atoms with E-state index in [4.69, 9.17) is 16.7 Å². The van der Waals surface area contributed by atoms with Gasteiger partial charge in [-0.25, -0.2) is 0 Å². The average Bonchev–Trinajstić information content (AvgIpc) is 2.85. The molecule has 7 heteroatoms. The number of para-hydroxylation sites is 2. The van der Waals surface area contributed by atoms with Crippen LogP contribution in [0.25, 0.3) is 0 Å². The SMILES string of the molecule is CNC(=S)NCCOP1N(C(C)C)c2ccccc2N1C(C)C. The third-order valence-electron chi connectivity index (χ3n) is 3.54. The standard InChI is InChI=1S/C16H27N4OPS/c1-12(2)19-14-8-6-7-9-15(14)20(13(3)4)22(19)21-11-10-18-16(23)17-5/h6-9,12-13H,10-11H2,1-5H3,(H2,17,18,23). The molecule has 0 spiro atoms. The van der Waals surface area contributed by atoms with Gasteiger partial charge in [-0.3, -0.25) is 0 Å². The Balaban J connectivity index is 2.13. The first kappa shape index (κ1) is 18.2. The molecular weight excluding hydrogens is 327 g/mol. The summed E-state index contributed by atoms with van der Waals surface area (Å²) in [5, 5.41) is 6.70. The second-order valence-electron chi connectivity index (χ2n) is 5.96. The smallest absolute Gasteiger partial charge is 0.249 e. The van der Waals surface area contributed by atoms with Gasteiger partial charge in [0.1, 0.15) is 0 Å².